The van der Waals surface area contributed by atoms with Gasteiger partial charge >= 0.3 is 0 Å². The van der Waals surface area contributed by atoms with Crippen LogP contribution in [0.5, 0.6) is 0 Å². The third kappa shape index (κ3) is 15.4. The number of nitrogens with one attached hydrogen (secondary N) is 2. The fraction of sp³-hybridized carbons (Fsp3) is 0.633. The SMILES string of the molecule is C1CCOC1.CC=N.CCOCCCCN1CCCN(C(=O)C2=C(C)C=C(NC(=O)/C=C(\C)N)C=CC2)CC1. The van der Waals surface area contributed by atoms with Gasteiger partial charge in [0, 0.05) is 69.1 Å². The van der Waals surface area contributed by atoms with Crippen molar-refractivity contribution in [3.8, 4) is 0 Å². The number of hydrogen-bond donors (Lipinski definition) is 3. The Balaban J connectivity index is 0.000000820. The molecule has 0 radical (unpaired) electrons. The Bertz CT molecular complexity index is 863. The molecule has 9 nitrogen and oxygen atoms in total. The van der Waals surface area contributed by atoms with E-state index in [1.54, 1.807) is 13.8 Å². The Morgan fingerprint density at radius 2 is 1.87 bits per heavy atom. The van der Waals surface area contributed by atoms with E-state index in [1.807, 2.05) is 37.0 Å². The molecule has 0 saturated carbocycles. The molecule has 2 amide bonds. The molecule has 0 aromatic carbocycles. The van der Waals surface area contributed by atoms with Gasteiger partial charge < -0.3 is 35.7 Å². The molecule has 3 rings (SSSR count). The molecule has 9 heteroatoms. The maximum atomic E-state index is 13.2. The topological polar surface area (TPSA) is 121 Å². The van der Waals surface area contributed by atoms with Crippen molar-refractivity contribution in [1.82, 2.24) is 15.1 Å². The first kappa shape index (κ1) is 34.3. The zero-order chi connectivity index (χ0) is 28.9. The van der Waals surface area contributed by atoms with Crippen molar-refractivity contribution in [2.45, 2.75) is 66.2 Å². The highest BCUT2D eigenvalue weighted by Gasteiger charge is 2.23. The van der Waals surface area contributed by atoms with Gasteiger partial charge in [-0.25, -0.2) is 0 Å². The molecular weight excluding hydrogens is 494 g/mol. The average molecular weight is 546 g/mol. The molecule has 0 aromatic heterocycles. The molecule has 0 bridgehead atoms. The van der Waals surface area contributed by atoms with Crippen LogP contribution in [0.15, 0.2) is 46.8 Å². The molecule has 3 aliphatic rings. The number of carbonyl (C=O) groups is 2. The molecule has 4 N–H and O–H groups in total. The fourth-order valence-electron chi connectivity index (χ4n) is 4.33. The predicted octanol–water partition coefficient (Wildman–Crippen LogP) is 3.93. The molecule has 0 aromatic rings. The summed E-state index contributed by atoms with van der Waals surface area (Å²) >= 11 is 0. The van der Waals surface area contributed by atoms with Gasteiger partial charge in [-0.3, -0.25) is 9.59 Å². The van der Waals surface area contributed by atoms with Crippen LogP contribution < -0.4 is 11.1 Å². The van der Waals surface area contributed by atoms with E-state index in [4.69, 9.17) is 20.6 Å². The Hall–Kier alpha value is -2.75. The molecule has 2 fully saturated rings. The van der Waals surface area contributed by atoms with Gasteiger partial charge in [-0.15, -0.1) is 0 Å². The lowest BCUT2D eigenvalue weighted by Crippen LogP contribution is -2.36. The molecule has 2 aliphatic heterocycles. The summed E-state index contributed by atoms with van der Waals surface area (Å²) in [5.41, 5.74) is 8.35. The van der Waals surface area contributed by atoms with Gasteiger partial charge in [-0.1, -0.05) is 6.08 Å². The van der Waals surface area contributed by atoms with Crippen molar-refractivity contribution in [1.29, 1.82) is 5.41 Å². The standard InChI is InChI=1S/C24H38N4O3.C4H8O.C2H5N/c1-4-31-16-6-5-11-27-12-8-13-28(15-14-27)24(30)22-10-7-9-21(17-19(22)2)26-23(29)18-20(3)25;1-2-4-5-3-1;1-2-3/h7,9,17-18H,4-6,8,10-16,25H2,1-3H3,(H,26,29);1-4H2;2-3H,1H3/b20-18+;;. The number of rotatable bonds is 9. The minimum atomic E-state index is -0.271. The second-order valence-corrected chi connectivity index (χ2v) is 9.74. The molecule has 1 aliphatic carbocycles. The van der Waals surface area contributed by atoms with Crippen molar-refractivity contribution in [2.75, 3.05) is 59.2 Å². The maximum absolute atomic E-state index is 13.2. The van der Waals surface area contributed by atoms with Crippen molar-refractivity contribution < 1.29 is 19.1 Å². The number of hydrogen-bond acceptors (Lipinski definition) is 7. The van der Waals surface area contributed by atoms with Crippen molar-refractivity contribution in [3.63, 3.8) is 0 Å². The van der Waals surface area contributed by atoms with E-state index in [-0.39, 0.29) is 11.8 Å². The quantitative estimate of drug-likeness (QED) is 0.229. The lowest BCUT2D eigenvalue weighted by Gasteiger charge is -2.23. The van der Waals surface area contributed by atoms with Gasteiger partial charge in [0.15, 0.2) is 0 Å². The van der Waals surface area contributed by atoms with Gasteiger partial charge in [-0.2, -0.15) is 0 Å². The Morgan fingerprint density at radius 1 is 1.15 bits per heavy atom. The van der Waals surface area contributed by atoms with E-state index < -0.39 is 0 Å². The predicted molar refractivity (Wildman–Crippen MR) is 159 cm³/mol. The van der Waals surface area contributed by atoms with Crippen LogP contribution in [0.25, 0.3) is 0 Å². The summed E-state index contributed by atoms with van der Waals surface area (Å²) < 4.78 is 10.4. The number of unbranched alkanes of at least 4 members (excludes halogenated alkanes) is 1. The smallest absolute Gasteiger partial charge is 0.250 e. The second kappa shape index (κ2) is 21.1. The third-order valence-corrected chi connectivity index (χ3v) is 6.27. The van der Waals surface area contributed by atoms with Gasteiger partial charge in [0.2, 0.25) is 11.8 Å². The highest BCUT2D eigenvalue weighted by molar-refractivity contribution is 5.95. The highest BCUT2D eigenvalue weighted by atomic mass is 16.5. The van der Waals surface area contributed by atoms with Crippen molar-refractivity contribution in [2.24, 2.45) is 5.73 Å². The first-order valence-electron chi connectivity index (χ1n) is 14.3. The van der Waals surface area contributed by atoms with Crippen LogP contribution in [0.3, 0.4) is 0 Å². The van der Waals surface area contributed by atoms with Crippen LogP contribution in [-0.2, 0) is 19.1 Å². The van der Waals surface area contributed by atoms with Gasteiger partial charge in [0.1, 0.15) is 0 Å². The van der Waals surface area contributed by atoms with Crippen LogP contribution >= 0.6 is 0 Å². The number of amides is 2. The zero-order valence-corrected chi connectivity index (χ0v) is 24.6. The second-order valence-electron chi connectivity index (χ2n) is 9.74. The van der Waals surface area contributed by atoms with Crippen LogP contribution in [0.2, 0.25) is 0 Å². The highest BCUT2D eigenvalue weighted by Crippen LogP contribution is 2.20. The number of carbonyl (C=O) groups excluding carboxylic acids is 2. The molecule has 220 valence electrons. The van der Waals surface area contributed by atoms with Gasteiger partial charge in [0.05, 0.1) is 0 Å². The summed E-state index contributed by atoms with van der Waals surface area (Å²) in [6.45, 7) is 15.4. The van der Waals surface area contributed by atoms with E-state index in [1.165, 1.54) is 25.1 Å². The fourth-order valence-corrected chi connectivity index (χ4v) is 4.33. The minimum Gasteiger partial charge on any atom is -0.402 e. The van der Waals surface area contributed by atoms with E-state index in [0.717, 1.165) is 89.6 Å². The molecule has 0 atom stereocenters. The molecular formula is C30H51N5O4. The monoisotopic (exact) mass is 545 g/mol. The largest absolute Gasteiger partial charge is 0.402 e. The number of allylic oxidation sites excluding steroid dienone is 5. The van der Waals surface area contributed by atoms with Crippen LogP contribution in [0.4, 0.5) is 0 Å². The Morgan fingerprint density at radius 3 is 2.49 bits per heavy atom. The molecule has 2 saturated heterocycles. The molecule has 0 unspecified atom stereocenters. The summed E-state index contributed by atoms with van der Waals surface area (Å²) in [7, 11) is 0. The lowest BCUT2D eigenvalue weighted by atomic mass is 10.1. The van der Waals surface area contributed by atoms with E-state index >= 15 is 0 Å². The summed E-state index contributed by atoms with van der Waals surface area (Å²) in [5.74, 6) is -0.172. The average Bonchev–Trinajstić information content (AvgIpc) is 3.32. The van der Waals surface area contributed by atoms with E-state index in [0.29, 0.717) is 17.8 Å². The van der Waals surface area contributed by atoms with E-state index in [2.05, 4.69) is 10.2 Å². The number of ether oxygens (including phenoxy) is 2. The van der Waals surface area contributed by atoms with Crippen LogP contribution in [-0.4, -0.2) is 87.0 Å². The number of nitrogens with two attached hydrogens (primary N) is 1. The summed E-state index contributed by atoms with van der Waals surface area (Å²) in [6.07, 6.45) is 14.5. The van der Waals surface area contributed by atoms with Gasteiger partial charge in [-0.05, 0) is 103 Å². The summed E-state index contributed by atoms with van der Waals surface area (Å²) in [6, 6.07) is 0. The molecule has 39 heavy (non-hydrogen) atoms. The first-order chi connectivity index (χ1) is 18.8. The zero-order valence-electron chi connectivity index (χ0n) is 24.6. The Kier molecular flexibility index (Phi) is 18.6. The lowest BCUT2D eigenvalue weighted by molar-refractivity contribution is -0.127. The third-order valence-electron chi connectivity index (χ3n) is 6.27. The summed E-state index contributed by atoms with van der Waals surface area (Å²) in [5, 5.41) is 8.90. The van der Waals surface area contributed by atoms with Crippen LogP contribution in [0, 0.1) is 5.41 Å². The minimum absolute atomic E-state index is 0.0990. The maximum Gasteiger partial charge on any atom is 0.250 e. The van der Waals surface area contributed by atoms with E-state index in [9.17, 15) is 9.59 Å². The normalized spacial score (nSPS) is 18.1. The number of nitrogens with zero attached hydrogens (tertiary/aromatic N) is 2. The Labute approximate surface area is 235 Å². The van der Waals surface area contributed by atoms with Crippen molar-refractivity contribution in [3.05, 3.63) is 46.8 Å². The molecule has 0 spiro atoms. The van der Waals surface area contributed by atoms with Crippen molar-refractivity contribution >= 4 is 18.0 Å². The van der Waals surface area contributed by atoms with Gasteiger partial charge in [0.25, 0.3) is 0 Å². The van der Waals surface area contributed by atoms with Crippen LogP contribution in [0.1, 0.15) is 66.2 Å². The molecule has 2 heterocycles. The summed E-state index contributed by atoms with van der Waals surface area (Å²) in [4.78, 5) is 29.6. The first-order valence-corrected chi connectivity index (χ1v) is 14.3.